The second-order valence-corrected chi connectivity index (χ2v) is 6.59. The first-order chi connectivity index (χ1) is 12.1. The first kappa shape index (κ1) is 17.3. The Hall–Kier alpha value is -2.54. The largest absolute Gasteiger partial charge is 0.354 e. The van der Waals surface area contributed by atoms with Gasteiger partial charge in [-0.15, -0.1) is 11.8 Å². The van der Waals surface area contributed by atoms with Crippen LogP contribution in [0.3, 0.4) is 0 Å². The number of benzene rings is 2. The second kappa shape index (κ2) is 7.57. The van der Waals surface area contributed by atoms with Crippen LogP contribution < -0.4 is 16.0 Å². The predicted molar refractivity (Wildman–Crippen MR) is 96.3 cm³/mol. The minimum atomic E-state index is -0.652. The molecule has 0 spiro atoms. The molecular formula is C18H18FN3O2S. The van der Waals surface area contributed by atoms with Gasteiger partial charge in [0.2, 0.25) is 5.91 Å². The number of rotatable bonds is 4. The molecule has 7 heteroatoms. The molecular weight excluding hydrogens is 341 g/mol. The van der Waals surface area contributed by atoms with E-state index in [1.54, 1.807) is 11.8 Å². The van der Waals surface area contributed by atoms with Crippen molar-refractivity contribution < 1.29 is 14.0 Å². The lowest BCUT2D eigenvalue weighted by Gasteiger charge is -2.19. The molecule has 3 rings (SSSR count). The highest BCUT2D eigenvalue weighted by Crippen LogP contribution is 2.26. The molecule has 0 saturated carbocycles. The van der Waals surface area contributed by atoms with E-state index in [4.69, 9.17) is 0 Å². The Kier molecular flexibility index (Phi) is 5.23. The van der Waals surface area contributed by atoms with Crippen LogP contribution in [-0.4, -0.2) is 30.8 Å². The monoisotopic (exact) mass is 359 g/mol. The maximum atomic E-state index is 12.9. The normalized spacial score (nSPS) is 19.4. The topological polar surface area (TPSA) is 70.2 Å². The molecule has 2 aromatic rings. The molecule has 3 N–H and O–H groups in total. The van der Waals surface area contributed by atoms with Gasteiger partial charge >= 0.3 is 6.03 Å². The van der Waals surface area contributed by atoms with Crippen LogP contribution in [0.5, 0.6) is 0 Å². The Bertz CT molecular complexity index is 765. The summed E-state index contributed by atoms with van der Waals surface area (Å²) in [6.45, 7) is 0.471. The fourth-order valence-electron chi connectivity index (χ4n) is 2.79. The number of urea groups is 1. The van der Waals surface area contributed by atoms with Crippen LogP contribution in [0, 0.1) is 5.82 Å². The number of nitrogens with one attached hydrogen (secondary N) is 3. The molecule has 2 atom stereocenters. The van der Waals surface area contributed by atoms with Crippen molar-refractivity contribution in [2.45, 2.75) is 16.9 Å². The van der Waals surface area contributed by atoms with E-state index in [2.05, 4.69) is 16.0 Å². The van der Waals surface area contributed by atoms with Gasteiger partial charge in [-0.05, 0) is 48.2 Å². The van der Waals surface area contributed by atoms with E-state index in [9.17, 15) is 14.0 Å². The van der Waals surface area contributed by atoms with Gasteiger partial charge in [0.1, 0.15) is 11.9 Å². The molecule has 1 fully saturated rings. The van der Waals surface area contributed by atoms with Crippen molar-refractivity contribution in [1.29, 1.82) is 0 Å². The molecule has 0 bridgehead atoms. The average molecular weight is 359 g/mol. The quantitative estimate of drug-likeness (QED) is 0.735. The summed E-state index contributed by atoms with van der Waals surface area (Å²) in [6, 6.07) is 12.2. The van der Waals surface area contributed by atoms with E-state index in [1.807, 2.05) is 30.5 Å². The van der Waals surface area contributed by atoms with Gasteiger partial charge in [-0.1, -0.05) is 12.1 Å². The van der Waals surface area contributed by atoms with E-state index in [0.29, 0.717) is 12.2 Å². The molecule has 2 unspecified atom stereocenters. The standard InChI is InChI=1S/C18H18FN3O2S/c1-25-14-8-2-11(3-9-14)15-10-20-17(23)16(15)22-18(24)21-13-6-4-12(19)5-7-13/h2-9,15-16H,10H2,1H3,(H,20,23)(H2,21,22,24). The van der Waals surface area contributed by atoms with Crippen molar-refractivity contribution in [1.82, 2.24) is 10.6 Å². The fourth-order valence-corrected chi connectivity index (χ4v) is 3.20. The number of anilines is 1. The van der Waals surface area contributed by atoms with E-state index < -0.39 is 12.1 Å². The number of carbonyl (C=O) groups is 2. The SMILES string of the molecule is CSc1ccc(C2CNC(=O)C2NC(=O)Nc2ccc(F)cc2)cc1. The molecule has 3 amide bonds. The smallest absolute Gasteiger partial charge is 0.319 e. The van der Waals surface area contributed by atoms with Crippen LogP contribution in [0.2, 0.25) is 0 Å². The number of thioether (sulfide) groups is 1. The van der Waals surface area contributed by atoms with Crippen LogP contribution >= 0.6 is 11.8 Å². The van der Waals surface area contributed by atoms with Crippen LogP contribution in [0.4, 0.5) is 14.9 Å². The van der Waals surface area contributed by atoms with E-state index in [1.165, 1.54) is 24.3 Å². The molecule has 0 aliphatic carbocycles. The zero-order chi connectivity index (χ0) is 17.8. The number of carbonyl (C=O) groups excluding carboxylic acids is 2. The van der Waals surface area contributed by atoms with Gasteiger partial charge in [-0.25, -0.2) is 9.18 Å². The Morgan fingerprint density at radius 2 is 1.84 bits per heavy atom. The lowest BCUT2D eigenvalue weighted by molar-refractivity contribution is -0.120. The van der Waals surface area contributed by atoms with E-state index >= 15 is 0 Å². The molecule has 0 radical (unpaired) electrons. The summed E-state index contributed by atoms with van der Waals surface area (Å²) >= 11 is 1.65. The third-order valence-corrected chi connectivity index (χ3v) is 4.86. The number of halogens is 1. The lowest BCUT2D eigenvalue weighted by atomic mass is 9.94. The summed E-state index contributed by atoms with van der Waals surface area (Å²) < 4.78 is 12.9. The van der Waals surface area contributed by atoms with E-state index in [0.717, 1.165) is 10.5 Å². The first-order valence-electron chi connectivity index (χ1n) is 7.81. The molecule has 130 valence electrons. The van der Waals surface area contributed by atoms with Crippen LogP contribution in [0.15, 0.2) is 53.4 Å². The van der Waals surface area contributed by atoms with Crippen molar-refractivity contribution >= 4 is 29.4 Å². The molecule has 0 aromatic heterocycles. The van der Waals surface area contributed by atoms with Crippen LogP contribution in [0.1, 0.15) is 11.5 Å². The fraction of sp³-hybridized carbons (Fsp3) is 0.222. The van der Waals surface area contributed by atoms with Crippen molar-refractivity contribution in [2.24, 2.45) is 0 Å². The van der Waals surface area contributed by atoms with Gasteiger partial charge in [0.05, 0.1) is 0 Å². The Balaban J connectivity index is 1.68. The maximum absolute atomic E-state index is 12.9. The highest BCUT2D eigenvalue weighted by molar-refractivity contribution is 7.98. The number of hydrogen-bond acceptors (Lipinski definition) is 3. The maximum Gasteiger partial charge on any atom is 0.319 e. The lowest BCUT2D eigenvalue weighted by Crippen LogP contribution is -2.44. The molecule has 1 heterocycles. The molecule has 5 nitrogen and oxygen atoms in total. The summed E-state index contributed by atoms with van der Waals surface area (Å²) in [6.07, 6.45) is 2.00. The summed E-state index contributed by atoms with van der Waals surface area (Å²) in [5.41, 5.74) is 1.45. The minimum Gasteiger partial charge on any atom is -0.354 e. The zero-order valence-electron chi connectivity index (χ0n) is 13.6. The van der Waals surface area contributed by atoms with Gasteiger partial charge in [-0.3, -0.25) is 4.79 Å². The molecule has 1 aliphatic heterocycles. The summed E-state index contributed by atoms with van der Waals surface area (Å²) in [7, 11) is 0. The summed E-state index contributed by atoms with van der Waals surface area (Å²) in [5.74, 6) is -0.731. The highest BCUT2D eigenvalue weighted by atomic mass is 32.2. The Morgan fingerprint density at radius 1 is 1.16 bits per heavy atom. The van der Waals surface area contributed by atoms with Gasteiger partial charge in [0.15, 0.2) is 0 Å². The van der Waals surface area contributed by atoms with E-state index in [-0.39, 0.29) is 17.6 Å². The summed E-state index contributed by atoms with van der Waals surface area (Å²) in [5, 5.41) is 8.10. The zero-order valence-corrected chi connectivity index (χ0v) is 14.4. The predicted octanol–water partition coefficient (Wildman–Crippen LogP) is 2.95. The number of hydrogen-bond donors (Lipinski definition) is 3. The highest BCUT2D eigenvalue weighted by Gasteiger charge is 2.36. The van der Waals surface area contributed by atoms with Crippen LogP contribution in [0.25, 0.3) is 0 Å². The van der Waals surface area contributed by atoms with Crippen molar-refractivity contribution in [3.8, 4) is 0 Å². The Labute approximate surface area is 149 Å². The molecule has 1 saturated heterocycles. The Morgan fingerprint density at radius 3 is 2.48 bits per heavy atom. The summed E-state index contributed by atoms with van der Waals surface area (Å²) in [4.78, 5) is 25.4. The van der Waals surface area contributed by atoms with Crippen molar-refractivity contribution in [3.05, 3.63) is 59.9 Å². The minimum absolute atomic E-state index is 0.137. The van der Waals surface area contributed by atoms with Gasteiger partial charge < -0.3 is 16.0 Å². The molecule has 25 heavy (non-hydrogen) atoms. The van der Waals surface area contributed by atoms with Gasteiger partial charge in [0, 0.05) is 23.0 Å². The van der Waals surface area contributed by atoms with Crippen LogP contribution in [-0.2, 0) is 4.79 Å². The third kappa shape index (κ3) is 4.11. The average Bonchev–Trinajstić information content (AvgIpc) is 2.98. The molecule has 2 aromatic carbocycles. The third-order valence-electron chi connectivity index (χ3n) is 4.11. The van der Waals surface area contributed by atoms with Gasteiger partial charge in [0.25, 0.3) is 0 Å². The van der Waals surface area contributed by atoms with Crippen molar-refractivity contribution in [2.75, 3.05) is 18.1 Å². The number of amides is 3. The van der Waals surface area contributed by atoms with Gasteiger partial charge in [-0.2, -0.15) is 0 Å². The second-order valence-electron chi connectivity index (χ2n) is 5.71. The molecule has 1 aliphatic rings. The first-order valence-corrected chi connectivity index (χ1v) is 9.04. The van der Waals surface area contributed by atoms with Crippen molar-refractivity contribution in [3.63, 3.8) is 0 Å².